The maximum Gasteiger partial charge on any atom is 0.256 e. The standard InChI is InChI=1S/C15H16F2N2O/c1-2-8-18-10-11-7-9-19-15(14(11)17)20-13-5-3-12(16)4-6-13/h3-7,9,18H,2,8,10H2,1H3. The maximum absolute atomic E-state index is 14.2. The third kappa shape index (κ3) is 3.74. The smallest absolute Gasteiger partial charge is 0.256 e. The molecule has 5 heteroatoms. The summed E-state index contributed by atoms with van der Waals surface area (Å²) in [5.41, 5.74) is 0.491. The van der Waals surface area contributed by atoms with Crippen molar-refractivity contribution < 1.29 is 13.5 Å². The number of nitrogens with zero attached hydrogens (tertiary/aromatic N) is 1. The van der Waals surface area contributed by atoms with Gasteiger partial charge in [-0.05, 0) is 43.3 Å². The topological polar surface area (TPSA) is 34.2 Å². The summed E-state index contributed by atoms with van der Waals surface area (Å²) < 4.78 is 32.3. The normalized spacial score (nSPS) is 10.6. The van der Waals surface area contributed by atoms with Crippen LogP contribution in [0.5, 0.6) is 11.6 Å². The molecule has 0 spiro atoms. The van der Waals surface area contributed by atoms with Crippen molar-refractivity contribution in [2.45, 2.75) is 19.9 Å². The number of hydrogen-bond acceptors (Lipinski definition) is 3. The van der Waals surface area contributed by atoms with Gasteiger partial charge in [-0.1, -0.05) is 6.92 Å². The first kappa shape index (κ1) is 14.4. The predicted octanol–water partition coefficient (Wildman–Crippen LogP) is 3.65. The average molecular weight is 278 g/mol. The molecule has 1 aromatic carbocycles. The fourth-order valence-electron chi connectivity index (χ4n) is 1.68. The highest BCUT2D eigenvalue weighted by atomic mass is 19.1. The predicted molar refractivity (Wildman–Crippen MR) is 72.7 cm³/mol. The lowest BCUT2D eigenvalue weighted by Crippen LogP contribution is -2.15. The first-order chi connectivity index (χ1) is 9.70. The van der Waals surface area contributed by atoms with Gasteiger partial charge in [0.25, 0.3) is 5.88 Å². The summed E-state index contributed by atoms with van der Waals surface area (Å²) in [7, 11) is 0. The number of hydrogen-bond donors (Lipinski definition) is 1. The molecule has 0 aliphatic heterocycles. The summed E-state index contributed by atoms with van der Waals surface area (Å²) in [5, 5.41) is 3.12. The zero-order valence-corrected chi connectivity index (χ0v) is 11.2. The molecular formula is C15H16F2N2O. The SMILES string of the molecule is CCCNCc1ccnc(Oc2ccc(F)cc2)c1F. The molecule has 1 aromatic heterocycles. The van der Waals surface area contributed by atoms with Crippen molar-refractivity contribution >= 4 is 0 Å². The first-order valence-electron chi connectivity index (χ1n) is 6.48. The van der Waals surface area contributed by atoms with E-state index in [4.69, 9.17) is 4.74 Å². The Morgan fingerprint density at radius 2 is 1.90 bits per heavy atom. The quantitative estimate of drug-likeness (QED) is 0.819. The molecule has 0 bridgehead atoms. The molecular weight excluding hydrogens is 262 g/mol. The average Bonchev–Trinajstić information content (AvgIpc) is 2.45. The minimum atomic E-state index is -0.500. The fraction of sp³-hybridized carbons (Fsp3) is 0.267. The van der Waals surface area contributed by atoms with E-state index < -0.39 is 5.82 Å². The number of pyridine rings is 1. The van der Waals surface area contributed by atoms with Gasteiger partial charge in [0.15, 0.2) is 5.82 Å². The van der Waals surface area contributed by atoms with Crippen LogP contribution in [-0.2, 0) is 6.54 Å². The van der Waals surface area contributed by atoms with E-state index in [1.807, 2.05) is 6.92 Å². The summed E-state index contributed by atoms with van der Waals surface area (Å²) in [6.45, 7) is 3.27. The van der Waals surface area contributed by atoms with Crippen molar-refractivity contribution in [1.29, 1.82) is 0 Å². The number of halogens is 2. The zero-order valence-electron chi connectivity index (χ0n) is 11.2. The van der Waals surface area contributed by atoms with Crippen LogP contribution in [0, 0.1) is 11.6 Å². The maximum atomic E-state index is 14.2. The van der Waals surface area contributed by atoms with Crippen LogP contribution in [0.1, 0.15) is 18.9 Å². The van der Waals surface area contributed by atoms with Gasteiger partial charge in [-0.2, -0.15) is 0 Å². The van der Waals surface area contributed by atoms with Crippen LogP contribution < -0.4 is 10.1 Å². The van der Waals surface area contributed by atoms with Gasteiger partial charge in [0, 0.05) is 18.3 Å². The number of benzene rings is 1. The highest BCUT2D eigenvalue weighted by molar-refractivity contribution is 5.30. The van der Waals surface area contributed by atoms with Crippen molar-refractivity contribution in [1.82, 2.24) is 10.3 Å². The van der Waals surface area contributed by atoms with E-state index in [9.17, 15) is 8.78 Å². The minimum absolute atomic E-state index is 0.104. The molecule has 0 unspecified atom stereocenters. The molecule has 20 heavy (non-hydrogen) atoms. The van der Waals surface area contributed by atoms with E-state index in [-0.39, 0.29) is 11.7 Å². The second-order valence-electron chi connectivity index (χ2n) is 4.32. The Hall–Kier alpha value is -2.01. The molecule has 0 saturated heterocycles. The fourth-order valence-corrected chi connectivity index (χ4v) is 1.68. The highest BCUT2D eigenvalue weighted by Gasteiger charge is 2.11. The Morgan fingerprint density at radius 1 is 1.15 bits per heavy atom. The lowest BCUT2D eigenvalue weighted by atomic mass is 10.2. The Labute approximate surface area is 116 Å². The van der Waals surface area contributed by atoms with Crippen LogP contribution in [-0.4, -0.2) is 11.5 Å². The van der Waals surface area contributed by atoms with E-state index in [0.29, 0.717) is 17.9 Å². The van der Waals surface area contributed by atoms with Crippen LogP contribution >= 0.6 is 0 Å². The van der Waals surface area contributed by atoms with Crippen molar-refractivity contribution in [3.8, 4) is 11.6 Å². The second kappa shape index (κ2) is 6.96. The molecule has 0 aliphatic rings. The number of ether oxygens (including phenoxy) is 1. The Bertz CT molecular complexity index is 558. The van der Waals surface area contributed by atoms with Crippen LogP contribution in [0.2, 0.25) is 0 Å². The number of nitrogens with one attached hydrogen (secondary N) is 1. The van der Waals surface area contributed by atoms with E-state index in [1.54, 1.807) is 6.07 Å². The molecule has 0 radical (unpaired) electrons. The molecule has 0 aliphatic carbocycles. The van der Waals surface area contributed by atoms with Crippen molar-refractivity contribution in [3.63, 3.8) is 0 Å². The van der Waals surface area contributed by atoms with Crippen LogP contribution in [0.15, 0.2) is 36.5 Å². The van der Waals surface area contributed by atoms with E-state index in [0.717, 1.165) is 13.0 Å². The number of rotatable bonds is 6. The van der Waals surface area contributed by atoms with Crippen molar-refractivity contribution in [2.75, 3.05) is 6.54 Å². The third-order valence-electron chi connectivity index (χ3n) is 2.71. The number of aromatic nitrogens is 1. The third-order valence-corrected chi connectivity index (χ3v) is 2.71. The summed E-state index contributed by atoms with van der Waals surface area (Å²) >= 11 is 0. The molecule has 2 rings (SSSR count). The van der Waals surface area contributed by atoms with Crippen molar-refractivity contribution in [2.24, 2.45) is 0 Å². The summed E-state index contributed by atoms with van der Waals surface area (Å²) in [5.74, 6) is -0.632. The molecule has 2 aromatic rings. The lowest BCUT2D eigenvalue weighted by molar-refractivity contribution is 0.416. The van der Waals surface area contributed by atoms with Crippen molar-refractivity contribution in [3.05, 3.63) is 53.7 Å². The molecule has 0 saturated carbocycles. The van der Waals surface area contributed by atoms with Gasteiger partial charge in [0.1, 0.15) is 11.6 Å². The summed E-state index contributed by atoms with van der Waals surface area (Å²) in [6.07, 6.45) is 2.47. The van der Waals surface area contributed by atoms with Gasteiger partial charge < -0.3 is 10.1 Å². The van der Waals surface area contributed by atoms with E-state index in [1.165, 1.54) is 30.5 Å². The molecule has 0 amide bonds. The van der Waals surface area contributed by atoms with E-state index >= 15 is 0 Å². The van der Waals surface area contributed by atoms with Crippen LogP contribution in [0.3, 0.4) is 0 Å². The largest absolute Gasteiger partial charge is 0.436 e. The molecule has 0 atom stereocenters. The second-order valence-corrected chi connectivity index (χ2v) is 4.32. The van der Waals surface area contributed by atoms with Crippen LogP contribution in [0.25, 0.3) is 0 Å². The van der Waals surface area contributed by atoms with Gasteiger partial charge in [-0.25, -0.2) is 13.8 Å². The zero-order chi connectivity index (χ0) is 14.4. The molecule has 0 fully saturated rings. The molecule has 106 valence electrons. The first-order valence-corrected chi connectivity index (χ1v) is 6.48. The molecule has 3 nitrogen and oxygen atoms in total. The lowest BCUT2D eigenvalue weighted by Gasteiger charge is -2.09. The molecule has 1 heterocycles. The highest BCUT2D eigenvalue weighted by Crippen LogP contribution is 2.24. The van der Waals surface area contributed by atoms with Gasteiger partial charge in [0.05, 0.1) is 0 Å². The summed E-state index contributed by atoms with van der Waals surface area (Å²) in [4.78, 5) is 3.87. The monoisotopic (exact) mass is 278 g/mol. The Kier molecular flexibility index (Phi) is 5.01. The van der Waals surface area contributed by atoms with Gasteiger partial charge in [-0.15, -0.1) is 0 Å². The van der Waals surface area contributed by atoms with Gasteiger partial charge in [-0.3, -0.25) is 0 Å². The van der Waals surface area contributed by atoms with Crippen LogP contribution in [0.4, 0.5) is 8.78 Å². The van der Waals surface area contributed by atoms with E-state index in [2.05, 4.69) is 10.3 Å². The molecule has 1 N–H and O–H groups in total. The Balaban J connectivity index is 2.11. The Morgan fingerprint density at radius 3 is 2.60 bits per heavy atom. The minimum Gasteiger partial charge on any atom is -0.436 e. The van der Waals surface area contributed by atoms with Gasteiger partial charge >= 0.3 is 0 Å². The summed E-state index contributed by atoms with van der Waals surface area (Å²) in [6, 6.07) is 6.96. The van der Waals surface area contributed by atoms with Gasteiger partial charge in [0.2, 0.25) is 0 Å².